The van der Waals surface area contributed by atoms with Crippen LogP contribution in [0.1, 0.15) is 43.0 Å². The molecule has 0 aromatic heterocycles. The van der Waals surface area contributed by atoms with Gasteiger partial charge in [-0.25, -0.2) is 0 Å². The summed E-state index contributed by atoms with van der Waals surface area (Å²) < 4.78 is 5.61. The van der Waals surface area contributed by atoms with E-state index in [1.807, 2.05) is 6.92 Å². The first kappa shape index (κ1) is 13.6. The largest absolute Gasteiger partial charge is 0.370 e. The molecule has 1 unspecified atom stereocenters. The fourth-order valence-corrected chi connectivity index (χ4v) is 2.24. The summed E-state index contributed by atoms with van der Waals surface area (Å²) in [5, 5.41) is 0.644. The van der Waals surface area contributed by atoms with Crippen molar-refractivity contribution in [1.82, 2.24) is 0 Å². The fraction of sp³-hybridized carbons (Fsp3) is 0.533. The van der Waals surface area contributed by atoms with E-state index in [0.29, 0.717) is 17.2 Å². The minimum absolute atomic E-state index is 0.0280. The highest BCUT2D eigenvalue weighted by molar-refractivity contribution is 6.30. The number of ether oxygens (including phenoxy) is 1. The number of rotatable bonds is 6. The molecule has 0 amide bonds. The zero-order valence-corrected chi connectivity index (χ0v) is 11.5. The summed E-state index contributed by atoms with van der Waals surface area (Å²) >= 11 is 5.79. The van der Waals surface area contributed by atoms with Crippen LogP contribution in [-0.4, -0.2) is 18.5 Å². The molecule has 18 heavy (non-hydrogen) atoms. The molecule has 2 rings (SSSR count). The predicted octanol–water partition coefficient (Wildman–Crippen LogP) is 4.12. The molecule has 0 radical (unpaired) electrons. The van der Waals surface area contributed by atoms with Gasteiger partial charge < -0.3 is 4.74 Å². The van der Waals surface area contributed by atoms with E-state index in [0.717, 1.165) is 12.3 Å². The molecule has 0 heterocycles. The zero-order chi connectivity index (χ0) is 13.0. The normalized spacial score (nSPS) is 17.2. The first-order chi connectivity index (χ1) is 8.66. The summed E-state index contributed by atoms with van der Waals surface area (Å²) in [6, 6.07) is 6.96. The molecule has 1 aliphatic carbocycles. The molecule has 1 aromatic carbocycles. The number of carbonyl (C=O) groups is 1. The molecular weight excluding hydrogens is 248 g/mol. The Morgan fingerprint density at radius 2 is 2.06 bits per heavy atom. The Labute approximate surface area is 113 Å². The van der Waals surface area contributed by atoms with E-state index < -0.39 is 0 Å². The van der Waals surface area contributed by atoms with Crippen LogP contribution in [-0.2, 0) is 4.74 Å². The van der Waals surface area contributed by atoms with Crippen LogP contribution >= 0.6 is 11.6 Å². The third-order valence-electron chi connectivity index (χ3n) is 3.62. The van der Waals surface area contributed by atoms with Crippen LogP contribution in [0.5, 0.6) is 0 Å². The number of halogens is 1. The van der Waals surface area contributed by atoms with Gasteiger partial charge >= 0.3 is 0 Å². The molecule has 1 fully saturated rings. The van der Waals surface area contributed by atoms with Crippen molar-refractivity contribution in [3.63, 3.8) is 0 Å². The van der Waals surface area contributed by atoms with E-state index in [-0.39, 0.29) is 11.9 Å². The van der Waals surface area contributed by atoms with Gasteiger partial charge in [0.1, 0.15) is 6.10 Å². The van der Waals surface area contributed by atoms with Crippen molar-refractivity contribution >= 4 is 17.4 Å². The van der Waals surface area contributed by atoms with E-state index in [4.69, 9.17) is 16.3 Å². The second-order valence-electron chi connectivity index (χ2n) is 4.97. The Morgan fingerprint density at radius 1 is 1.39 bits per heavy atom. The van der Waals surface area contributed by atoms with Crippen LogP contribution < -0.4 is 0 Å². The van der Waals surface area contributed by atoms with Crippen LogP contribution in [0, 0.1) is 5.92 Å². The third-order valence-corrected chi connectivity index (χ3v) is 3.87. The maximum absolute atomic E-state index is 12.0. The van der Waals surface area contributed by atoms with Crippen LogP contribution in [0.15, 0.2) is 24.3 Å². The molecule has 2 nitrogen and oxygen atoms in total. The minimum Gasteiger partial charge on any atom is -0.370 e. The first-order valence-electron chi connectivity index (χ1n) is 6.58. The zero-order valence-electron chi connectivity index (χ0n) is 10.7. The lowest BCUT2D eigenvalue weighted by molar-refractivity contribution is 0.0395. The third kappa shape index (κ3) is 3.56. The van der Waals surface area contributed by atoms with Gasteiger partial charge in [-0.05, 0) is 43.5 Å². The lowest BCUT2D eigenvalue weighted by Gasteiger charge is -2.25. The summed E-state index contributed by atoms with van der Waals surface area (Å²) in [6.07, 6.45) is 4.71. The molecular formula is C15H19ClO2. The minimum atomic E-state index is -0.369. The number of ketones is 1. The molecule has 0 N–H and O–H groups in total. The molecule has 1 aliphatic rings. The van der Waals surface area contributed by atoms with E-state index >= 15 is 0 Å². The predicted molar refractivity (Wildman–Crippen MR) is 73.2 cm³/mol. The Bertz CT molecular complexity index is 395. The SMILES string of the molecule is CC(OCCC1CCC1)C(=O)c1ccc(Cl)cc1. The summed E-state index contributed by atoms with van der Waals surface area (Å²) in [5.41, 5.74) is 0.663. The Balaban J connectivity index is 1.78. The van der Waals surface area contributed by atoms with Crippen molar-refractivity contribution in [1.29, 1.82) is 0 Å². The van der Waals surface area contributed by atoms with Crippen LogP contribution in [0.25, 0.3) is 0 Å². The average Bonchev–Trinajstić information content (AvgIpc) is 2.32. The van der Waals surface area contributed by atoms with Crippen LogP contribution in [0.3, 0.4) is 0 Å². The summed E-state index contributed by atoms with van der Waals surface area (Å²) in [6.45, 7) is 2.50. The van der Waals surface area contributed by atoms with Crippen molar-refractivity contribution < 1.29 is 9.53 Å². The maximum Gasteiger partial charge on any atom is 0.191 e. The highest BCUT2D eigenvalue weighted by atomic mass is 35.5. The highest BCUT2D eigenvalue weighted by Gasteiger charge is 2.19. The van der Waals surface area contributed by atoms with Crippen molar-refractivity contribution in [2.75, 3.05) is 6.61 Å². The molecule has 0 bridgehead atoms. The Hall–Kier alpha value is -0.860. The number of hydrogen-bond acceptors (Lipinski definition) is 2. The van der Waals surface area contributed by atoms with Gasteiger partial charge in [-0.3, -0.25) is 4.79 Å². The maximum atomic E-state index is 12.0. The van der Waals surface area contributed by atoms with Gasteiger partial charge in [-0.2, -0.15) is 0 Å². The molecule has 1 saturated carbocycles. The van der Waals surface area contributed by atoms with Gasteiger partial charge in [0.05, 0.1) is 0 Å². The van der Waals surface area contributed by atoms with Gasteiger partial charge in [0.15, 0.2) is 5.78 Å². The molecule has 0 saturated heterocycles. The van der Waals surface area contributed by atoms with Gasteiger partial charge in [0.25, 0.3) is 0 Å². The van der Waals surface area contributed by atoms with E-state index in [2.05, 4.69) is 0 Å². The monoisotopic (exact) mass is 266 g/mol. The molecule has 0 aliphatic heterocycles. The smallest absolute Gasteiger partial charge is 0.191 e. The van der Waals surface area contributed by atoms with Crippen molar-refractivity contribution in [3.8, 4) is 0 Å². The van der Waals surface area contributed by atoms with Crippen LogP contribution in [0.2, 0.25) is 5.02 Å². The van der Waals surface area contributed by atoms with Gasteiger partial charge in [0.2, 0.25) is 0 Å². The van der Waals surface area contributed by atoms with E-state index in [1.165, 1.54) is 19.3 Å². The topological polar surface area (TPSA) is 26.3 Å². The lowest BCUT2D eigenvalue weighted by atomic mass is 9.83. The van der Waals surface area contributed by atoms with Gasteiger partial charge in [0, 0.05) is 17.2 Å². The fourth-order valence-electron chi connectivity index (χ4n) is 2.12. The average molecular weight is 267 g/mol. The number of hydrogen-bond donors (Lipinski definition) is 0. The Morgan fingerprint density at radius 3 is 2.61 bits per heavy atom. The highest BCUT2D eigenvalue weighted by Crippen LogP contribution is 2.29. The standard InChI is InChI=1S/C15H19ClO2/c1-11(18-10-9-12-3-2-4-12)15(17)13-5-7-14(16)8-6-13/h5-8,11-12H,2-4,9-10H2,1H3. The molecule has 3 heteroatoms. The molecule has 1 atom stereocenters. The number of carbonyl (C=O) groups excluding carboxylic acids is 1. The number of Topliss-reactive ketones (excluding diaryl/α,β-unsaturated/α-hetero) is 1. The summed E-state index contributed by atoms with van der Waals surface area (Å²) in [7, 11) is 0. The van der Waals surface area contributed by atoms with Gasteiger partial charge in [-0.15, -0.1) is 0 Å². The van der Waals surface area contributed by atoms with Crippen molar-refractivity contribution in [2.45, 2.75) is 38.7 Å². The second kappa shape index (κ2) is 6.35. The second-order valence-corrected chi connectivity index (χ2v) is 5.41. The molecule has 1 aromatic rings. The number of benzene rings is 1. The van der Waals surface area contributed by atoms with Crippen molar-refractivity contribution in [2.24, 2.45) is 5.92 Å². The van der Waals surface area contributed by atoms with Crippen LogP contribution in [0.4, 0.5) is 0 Å². The summed E-state index contributed by atoms with van der Waals surface area (Å²) in [4.78, 5) is 12.0. The quantitative estimate of drug-likeness (QED) is 0.724. The summed E-state index contributed by atoms with van der Waals surface area (Å²) in [5.74, 6) is 0.850. The van der Waals surface area contributed by atoms with E-state index in [1.54, 1.807) is 24.3 Å². The first-order valence-corrected chi connectivity index (χ1v) is 6.96. The molecule has 0 spiro atoms. The van der Waals surface area contributed by atoms with E-state index in [9.17, 15) is 4.79 Å². The Kier molecular flexibility index (Phi) is 4.79. The molecule has 98 valence electrons. The van der Waals surface area contributed by atoms with Gasteiger partial charge in [-0.1, -0.05) is 30.9 Å². The lowest BCUT2D eigenvalue weighted by Crippen LogP contribution is -2.23. The van der Waals surface area contributed by atoms with Crippen molar-refractivity contribution in [3.05, 3.63) is 34.9 Å².